The zero-order valence-corrected chi connectivity index (χ0v) is 23.3. The number of amidine groups is 1. The van der Waals surface area contributed by atoms with Gasteiger partial charge in [-0.1, -0.05) is 73.5 Å². The number of nitrogens with one attached hydrogen (secondary N) is 2. The molecule has 0 spiro atoms. The number of hydrazone groups is 1. The first kappa shape index (κ1) is 25.9. The number of nitrogens with zero attached hydrogens (tertiary/aromatic N) is 8. The van der Waals surface area contributed by atoms with Gasteiger partial charge in [-0.25, -0.2) is 5.53 Å². The summed E-state index contributed by atoms with van der Waals surface area (Å²) in [5.74, 6) is 1.61. The molecule has 0 saturated carbocycles. The van der Waals surface area contributed by atoms with E-state index in [9.17, 15) is 0 Å². The Morgan fingerprint density at radius 3 is 2.26 bits per heavy atom. The third-order valence-corrected chi connectivity index (χ3v) is 6.86. The highest BCUT2D eigenvalue weighted by atomic mass is 32.1. The van der Waals surface area contributed by atoms with Gasteiger partial charge in [-0.15, -0.1) is 33.5 Å². The van der Waals surface area contributed by atoms with Gasteiger partial charge in [0, 0.05) is 0 Å². The van der Waals surface area contributed by atoms with Gasteiger partial charge in [-0.3, -0.25) is 9.69 Å². The Balaban J connectivity index is 1.52. The molecule has 5 rings (SSSR count). The predicted octanol–water partition coefficient (Wildman–Crippen LogP) is 4.28. The molecule has 0 radical (unpaired) electrons. The van der Waals surface area contributed by atoms with E-state index >= 15 is 0 Å². The Labute approximate surface area is 228 Å². The zero-order valence-electron chi connectivity index (χ0n) is 22.4. The largest absolute Gasteiger partial charge is 0.266 e. The van der Waals surface area contributed by atoms with E-state index in [-0.39, 0.29) is 6.04 Å². The van der Waals surface area contributed by atoms with Crippen LogP contribution in [0.15, 0.2) is 58.7 Å². The van der Waals surface area contributed by atoms with Crippen molar-refractivity contribution in [1.82, 2.24) is 46.1 Å². The highest BCUT2D eigenvalue weighted by Gasteiger charge is 2.31. The number of tetrazole rings is 1. The van der Waals surface area contributed by atoms with Gasteiger partial charge in [0.15, 0.2) is 5.84 Å². The number of rotatable bonds is 9. The molecule has 4 aromatic rings. The monoisotopic (exact) mass is 530 g/mol. The SMILES string of the molecule is Cc1cccc(CN2NNN=C2c2c(-c3nnn(Cc4cccc(C)c4)n3)nn(C(C)CC(C)C)c2S)c1. The fraction of sp³-hybridized carbons (Fsp3) is 0.370. The third kappa shape index (κ3) is 5.58. The van der Waals surface area contributed by atoms with Crippen molar-refractivity contribution in [1.29, 1.82) is 0 Å². The maximum Gasteiger partial charge on any atom is 0.225 e. The molecule has 10 nitrogen and oxygen atoms in total. The van der Waals surface area contributed by atoms with Crippen LogP contribution in [0.4, 0.5) is 0 Å². The molecule has 198 valence electrons. The Morgan fingerprint density at radius 2 is 1.61 bits per heavy atom. The smallest absolute Gasteiger partial charge is 0.225 e. The van der Waals surface area contributed by atoms with Crippen LogP contribution in [0, 0.1) is 19.8 Å². The second kappa shape index (κ2) is 11.0. The van der Waals surface area contributed by atoms with Crippen LogP contribution in [-0.2, 0) is 13.1 Å². The molecule has 0 aliphatic carbocycles. The van der Waals surface area contributed by atoms with Gasteiger partial charge in [-0.05, 0) is 49.5 Å². The minimum absolute atomic E-state index is 0.130. The summed E-state index contributed by atoms with van der Waals surface area (Å²) in [7, 11) is 0. The molecule has 1 aliphatic heterocycles. The van der Waals surface area contributed by atoms with Gasteiger partial charge in [0.05, 0.1) is 24.7 Å². The summed E-state index contributed by atoms with van der Waals surface area (Å²) in [6.07, 6.45) is 0.956. The highest BCUT2D eigenvalue weighted by molar-refractivity contribution is 7.80. The lowest BCUT2D eigenvalue weighted by molar-refractivity contribution is 0.287. The van der Waals surface area contributed by atoms with E-state index in [2.05, 4.69) is 104 Å². The molecule has 2 aromatic heterocycles. The summed E-state index contributed by atoms with van der Waals surface area (Å²) < 4.78 is 1.95. The van der Waals surface area contributed by atoms with Gasteiger partial charge < -0.3 is 0 Å². The lowest BCUT2D eigenvalue weighted by atomic mass is 10.1. The van der Waals surface area contributed by atoms with Crippen LogP contribution in [0.25, 0.3) is 11.5 Å². The van der Waals surface area contributed by atoms with Crippen LogP contribution in [0.5, 0.6) is 0 Å². The van der Waals surface area contributed by atoms with Crippen LogP contribution in [0.1, 0.15) is 61.1 Å². The first-order chi connectivity index (χ1) is 18.3. The average molecular weight is 531 g/mol. The zero-order chi connectivity index (χ0) is 26.8. The number of benzene rings is 2. The quantitative estimate of drug-likeness (QED) is 0.278. The van der Waals surface area contributed by atoms with E-state index in [0.29, 0.717) is 41.4 Å². The van der Waals surface area contributed by atoms with Crippen LogP contribution in [-0.4, -0.2) is 40.8 Å². The van der Waals surface area contributed by atoms with Gasteiger partial charge in [0.1, 0.15) is 10.7 Å². The molecule has 0 amide bonds. The number of hydrogen-bond donors (Lipinski definition) is 3. The van der Waals surface area contributed by atoms with E-state index in [1.807, 2.05) is 15.8 Å². The van der Waals surface area contributed by atoms with Crippen LogP contribution >= 0.6 is 12.6 Å². The Bertz CT molecular complexity index is 1450. The third-order valence-electron chi connectivity index (χ3n) is 6.44. The lowest BCUT2D eigenvalue weighted by Crippen LogP contribution is -2.40. The molecule has 0 fully saturated rings. The molecule has 2 N–H and O–H groups in total. The molecule has 0 saturated heterocycles. The number of aromatic nitrogens is 6. The van der Waals surface area contributed by atoms with Crippen molar-refractivity contribution in [2.45, 2.75) is 65.2 Å². The van der Waals surface area contributed by atoms with Gasteiger partial charge in [0.2, 0.25) is 5.82 Å². The van der Waals surface area contributed by atoms with E-state index in [0.717, 1.165) is 23.1 Å². The summed E-state index contributed by atoms with van der Waals surface area (Å²) >= 11 is 4.96. The van der Waals surface area contributed by atoms with Crippen molar-refractivity contribution in [3.05, 3.63) is 76.3 Å². The van der Waals surface area contributed by atoms with Crippen molar-refractivity contribution < 1.29 is 0 Å². The number of hydrazine groups is 2. The second-order valence-electron chi connectivity index (χ2n) is 10.3. The molecule has 0 bridgehead atoms. The van der Waals surface area contributed by atoms with Crippen LogP contribution in [0.2, 0.25) is 0 Å². The van der Waals surface area contributed by atoms with E-state index in [4.69, 9.17) is 22.8 Å². The predicted molar refractivity (Wildman–Crippen MR) is 150 cm³/mol. The van der Waals surface area contributed by atoms with Crippen molar-refractivity contribution in [2.75, 3.05) is 0 Å². The number of aryl methyl sites for hydroxylation is 2. The van der Waals surface area contributed by atoms with Crippen molar-refractivity contribution in [3.63, 3.8) is 0 Å². The summed E-state index contributed by atoms with van der Waals surface area (Å²) in [4.78, 5) is 1.60. The van der Waals surface area contributed by atoms with Crippen molar-refractivity contribution >= 4 is 18.5 Å². The fourth-order valence-corrected chi connectivity index (χ4v) is 5.25. The molecule has 3 heterocycles. The molecular formula is C27H34N10S. The van der Waals surface area contributed by atoms with Crippen LogP contribution < -0.4 is 11.1 Å². The molecule has 1 unspecified atom stereocenters. The van der Waals surface area contributed by atoms with Crippen molar-refractivity contribution in [3.8, 4) is 11.5 Å². The summed E-state index contributed by atoms with van der Waals surface area (Å²) in [5.41, 5.74) is 12.1. The maximum atomic E-state index is 4.97. The first-order valence-corrected chi connectivity index (χ1v) is 13.3. The average Bonchev–Trinajstić information content (AvgIpc) is 3.57. The fourth-order valence-electron chi connectivity index (χ4n) is 4.81. The number of thiol groups is 1. The van der Waals surface area contributed by atoms with Crippen molar-refractivity contribution in [2.24, 2.45) is 11.0 Å². The lowest BCUT2D eigenvalue weighted by Gasteiger charge is -2.20. The maximum absolute atomic E-state index is 4.97. The number of hydrogen-bond acceptors (Lipinski definition) is 9. The molecule has 11 heteroatoms. The standard InChI is InChI=1S/C27H34N10S/c1-17(2)12-20(5)37-27(38)23(26-29-32-34-35(26)15-21-10-6-8-18(3)13-21)24(30-37)25-28-33-36(31-25)16-22-11-7-9-19(4)14-22/h6-11,13-14,17,20,32,34,38H,12,15-16H2,1-5H3. The Kier molecular flexibility index (Phi) is 7.48. The topological polar surface area (TPSA) is 101 Å². The highest BCUT2D eigenvalue weighted by Crippen LogP contribution is 2.31. The Morgan fingerprint density at radius 1 is 0.921 bits per heavy atom. The van der Waals surface area contributed by atoms with Gasteiger partial charge in [0.25, 0.3) is 0 Å². The summed E-state index contributed by atoms with van der Waals surface area (Å²) in [5, 5.41) is 25.6. The molecule has 1 atom stereocenters. The van der Waals surface area contributed by atoms with E-state index < -0.39 is 0 Å². The second-order valence-corrected chi connectivity index (χ2v) is 10.8. The van der Waals surface area contributed by atoms with E-state index in [1.165, 1.54) is 11.1 Å². The summed E-state index contributed by atoms with van der Waals surface area (Å²) in [6.45, 7) is 11.8. The molecule has 38 heavy (non-hydrogen) atoms. The normalized spacial score (nSPS) is 14.2. The molecular weight excluding hydrogens is 496 g/mol. The minimum atomic E-state index is 0.130. The first-order valence-electron chi connectivity index (χ1n) is 12.9. The summed E-state index contributed by atoms with van der Waals surface area (Å²) in [6, 6.07) is 16.8. The molecule has 1 aliphatic rings. The van der Waals surface area contributed by atoms with Gasteiger partial charge >= 0.3 is 0 Å². The van der Waals surface area contributed by atoms with Crippen LogP contribution in [0.3, 0.4) is 0 Å². The van der Waals surface area contributed by atoms with E-state index in [1.54, 1.807) is 4.80 Å². The minimum Gasteiger partial charge on any atom is -0.266 e. The molecule has 2 aromatic carbocycles. The van der Waals surface area contributed by atoms with Gasteiger partial charge in [-0.2, -0.15) is 9.90 Å². The Hall–Kier alpha value is -3.70.